The van der Waals surface area contributed by atoms with E-state index in [0.29, 0.717) is 5.75 Å². The zero-order valence-corrected chi connectivity index (χ0v) is 13.8. The predicted molar refractivity (Wildman–Crippen MR) is 79.8 cm³/mol. The van der Waals surface area contributed by atoms with Crippen molar-refractivity contribution in [1.82, 2.24) is 5.32 Å². The number of hydrogen-bond donors (Lipinski definition) is 1. The molecule has 0 aromatic heterocycles. The molecule has 3 nitrogen and oxygen atoms in total. The molecule has 2 atom stereocenters. The molecule has 0 saturated heterocycles. The van der Waals surface area contributed by atoms with Gasteiger partial charge in [-0.1, -0.05) is 22.9 Å². The number of carbonyl (C=O) groups is 1. The number of ether oxygens (including phenoxy) is 1. The van der Waals surface area contributed by atoms with Gasteiger partial charge < -0.3 is 10.1 Å². The highest BCUT2D eigenvalue weighted by atomic mass is 79.9. The van der Waals surface area contributed by atoms with Crippen molar-refractivity contribution in [1.29, 1.82) is 0 Å². The lowest BCUT2D eigenvalue weighted by atomic mass is 10.2. The van der Waals surface area contributed by atoms with Gasteiger partial charge in [0.15, 0.2) is 6.10 Å². The minimum Gasteiger partial charge on any atom is -0.480 e. The van der Waals surface area contributed by atoms with E-state index in [1.165, 1.54) is 0 Å². The fourth-order valence-corrected chi connectivity index (χ4v) is 2.42. The smallest absolute Gasteiger partial charge is 0.260 e. The van der Waals surface area contributed by atoms with Crippen molar-refractivity contribution in [3.05, 3.63) is 27.1 Å². The van der Waals surface area contributed by atoms with Crippen LogP contribution in [0.2, 0.25) is 0 Å². The lowest BCUT2D eigenvalue weighted by Crippen LogP contribution is -2.41. The van der Waals surface area contributed by atoms with Crippen molar-refractivity contribution in [2.24, 2.45) is 0 Å². The molecule has 0 saturated carbocycles. The molecule has 0 spiro atoms. The average molecular weight is 379 g/mol. The molecule has 0 unspecified atom stereocenters. The molecule has 0 aliphatic heterocycles. The van der Waals surface area contributed by atoms with Gasteiger partial charge in [-0.15, -0.1) is 0 Å². The minimum absolute atomic E-state index is 0.0980. The van der Waals surface area contributed by atoms with E-state index in [0.717, 1.165) is 15.4 Å². The quantitative estimate of drug-likeness (QED) is 0.843. The highest BCUT2D eigenvalue weighted by molar-refractivity contribution is 9.11. The van der Waals surface area contributed by atoms with Gasteiger partial charge in [0, 0.05) is 10.5 Å². The maximum atomic E-state index is 11.8. The standard InChI is InChI=1S/C13H17Br2NO2/c1-4-8(2)16-13(17)9(3)18-12-6-5-10(14)7-11(12)15/h5-9H,4H2,1-3H3,(H,16,17)/t8-,9-/m0/s1. The summed E-state index contributed by atoms with van der Waals surface area (Å²) in [4.78, 5) is 11.8. The molecule has 0 radical (unpaired) electrons. The Bertz CT molecular complexity index is 423. The average Bonchev–Trinajstić information content (AvgIpc) is 2.32. The van der Waals surface area contributed by atoms with E-state index in [9.17, 15) is 4.79 Å². The van der Waals surface area contributed by atoms with Gasteiger partial charge in [0.25, 0.3) is 5.91 Å². The first-order chi connectivity index (χ1) is 8.43. The van der Waals surface area contributed by atoms with Crippen LogP contribution in [0.25, 0.3) is 0 Å². The van der Waals surface area contributed by atoms with Crippen LogP contribution < -0.4 is 10.1 Å². The fraction of sp³-hybridized carbons (Fsp3) is 0.462. The molecule has 0 fully saturated rings. The number of rotatable bonds is 5. The first-order valence-electron chi connectivity index (χ1n) is 5.86. The van der Waals surface area contributed by atoms with Crippen LogP contribution in [0.3, 0.4) is 0 Å². The SMILES string of the molecule is CC[C@H](C)NC(=O)[C@H](C)Oc1ccc(Br)cc1Br. The Morgan fingerprint density at radius 3 is 2.61 bits per heavy atom. The highest BCUT2D eigenvalue weighted by Crippen LogP contribution is 2.28. The zero-order valence-electron chi connectivity index (χ0n) is 10.7. The summed E-state index contributed by atoms with van der Waals surface area (Å²) >= 11 is 6.77. The Balaban J connectivity index is 2.63. The Morgan fingerprint density at radius 2 is 2.06 bits per heavy atom. The second kappa shape index (κ2) is 7.14. The molecule has 18 heavy (non-hydrogen) atoms. The summed E-state index contributed by atoms with van der Waals surface area (Å²) in [7, 11) is 0. The number of amides is 1. The Kier molecular flexibility index (Phi) is 6.15. The molecule has 1 aromatic carbocycles. The van der Waals surface area contributed by atoms with E-state index < -0.39 is 6.10 Å². The lowest BCUT2D eigenvalue weighted by molar-refractivity contribution is -0.127. The summed E-state index contributed by atoms with van der Waals surface area (Å²) in [6.45, 7) is 5.74. The van der Waals surface area contributed by atoms with Crippen molar-refractivity contribution in [2.45, 2.75) is 39.3 Å². The summed E-state index contributed by atoms with van der Waals surface area (Å²) in [5.74, 6) is 0.559. The highest BCUT2D eigenvalue weighted by Gasteiger charge is 2.17. The van der Waals surface area contributed by atoms with Gasteiger partial charge in [-0.05, 0) is 54.4 Å². The van der Waals surface area contributed by atoms with Crippen LogP contribution in [0.4, 0.5) is 0 Å². The Hall–Kier alpha value is -0.550. The molecule has 0 aliphatic rings. The molecule has 1 aromatic rings. The van der Waals surface area contributed by atoms with Gasteiger partial charge in [-0.2, -0.15) is 0 Å². The van der Waals surface area contributed by atoms with Gasteiger partial charge in [0.1, 0.15) is 5.75 Å². The lowest BCUT2D eigenvalue weighted by Gasteiger charge is -2.18. The monoisotopic (exact) mass is 377 g/mol. The topological polar surface area (TPSA) is 38.3 Å². The van der Waals surface area contributed by atoms with E-state index in [1.807, 2.05) is 32.0 Å². The van der Waals surface area contributed by atoms with Crippen molar-refractivity contribution in [2.75, 3.05) is 0 Å². The Labute approximate surface area is 125 Å². The predicted octanol–water partition coefficient (Wildman–Crippen LogP) is 3.89. The molecule has 0 bridgehead atoms. The second-order valence-electron chi connectivity index (χ2n) is 4.15. The van der Waals surface area contributed by atoms with E-state index in [4.69, 9.17) is 4.74 Å². The van der Waals surface area contributed by atoms with Crippen LogP contribution >= 0.6 is 31.9 Å². The van der Waals surface area contributed by atoms with Crippen LogP contribution in [0, 0.1) is 0 Å². The largest absolute Gasteiger partial charge is 0.480 e. The summed E-state index contributed by atoms with van der Waals surface area (Å²) in [6.07, 6.45) is 0.386. The van der Waals surface area contributed by atoms with Crippen LogP contribution in [0.15, 0.2) is 27.1 Å². The van der Waals surface area contributed by atoms with E-state index in [1.54, 1.807) is 6.92 Å². The normalized spacial score (nSPS) is 13.8. The molecular weight excluding hydrogens is 362 g/mol. The number of carbonyl (C=O) groups excluding carboxylic acids is 1. The first-order valence-corrected chi connectivity index (χ1v) is 7.44. The van der Waals surface area contributed by atoms with Crippen LogP contribution in [-0.2, 0) is 4.79 Å². The third-order valence-electron chi connectivity index (χ3n) is 2.57. The number of halogens is 2. The number of benzene rings is 1. The van der Waals surface area contributed by atoms with Gasteiger partial charge in [0.05, 0.1) is 4.47 Å². The maximum Gasteiger partial charge on any atom is 0.260 e. The fourth-order valence-electron chi connectivity index (χ4n) is 1.28. The summed E-state index contributed by atoms with van der Waals surface area (Å²) in [5, 5.41) is 2.89. The maximum absolute atomic E-state index is 11.8. The summed E-state index contributed by atoms with van der Waals surface area (Å²) in [5.41, 5.74) is 0. The molecule has 0 heterocycles. The van der Waals surface area contributed by atoms with E-state index >= 15 is 0 Å². The van der Waals surface area contributed by atoms with Crippen molar-refractivity contribution >= 4 is 37.8 Å². The van der Waals surface area contributed by atoms with Gasteiger partial charge in [-0.3, -0.25) is 4.79 Å². The number of nitrogens with one attached hydrogen (secondary N) is 1. The van der Waals surface area contributed by atoms with Gasteiger partial charge in [0.2, 0.25) is 0 Å². The molecule has 0 aliphatic carbocycles. The number of hydrogen-bond acceptors (Lipinski definition) is 2. The minimum atomic E-state index is -0.517. The van der Waals surface area contributed by atoms with E-state index in [-0.39, 0.29) is 11.9 Å². The van der Waals surface area contributed by atoms with Crippen LogP contribution in [-0.4, -0.2) is 18.1 Å². The van der Waals surface area contributed by atoms with Crippen LogP contribution in [0.5, 0.6) is 5.75 Å². The van der Waals surface area contributed by atoms with E-state index in [2.05, 4.69) is 37.2 Å². The zero-order chi connectivity index (χ0) is 13.7. The summed E-state index contributed by atoms with van der Waals surface area (Å²) in [6, 6.07) is 5.74. The van der Waals surface area contributed by atoms with Crippen molar-refractivity contribution in [3.63, 3.8) is 0 Å². The van der Waals surface area contributed by atoms with Crippen LogP contribution in [0.1, 0.15) is 27.2 Å². The molecular formula is C13H17Br2NO2. The second-order valence-corrected chi connectivity index (χ2v) is 5.92. The first kappa shape index (κ1) is 15.5. The van der Waals surface area contributed by atoms with Crippen molar-refractivity contribution < 1.29 is 9.53 Å². The van der Waals surface area contributed by atoms with Gasteiger partial charge >= 0.3 is 0 Å². The molecule has 1 rings (SSSR count). The Morgan fingerprint density at radius 1 is 1.39 bits per heavy atom. The van der Waals surface area contributed by atoms with Crippen molar-refractivity contribution in [3.8, 4) is 5.75 Å². The third kappa shape index (κ3) is 4.61. The molecule has 100 valence electrons. The third-order valence-corrected chi connectivity index (χ3v) is 3.68. The molecule has 1 N–H and O–H groups in total. The molecule has 1 amide bonds. The summed E-state index contributed by atoms with van der Waals surface area (Å²) < 4.78 is 7.40. The molecule has 5 heteroatoms. The van der Waals surface area contributed by atoms with Gasteiger partial charge in [-0.25, -0.2) is 0 Å².